The first-order valence-electron chi connectivity index (χ1n) is 12.9. The van der Waals surface area contributed by atoms with Crippen molar-refractivity contribution in [3.63, 3.8) is 0 Å². The van der Waals surface area contributed by atoms with E-state index in [9.17, 15) is 0 Å². The van der Waals surface area contributed by atoms with Gasteiger partial charge >= 0.3 is 6.03 Å². The Bertz CT molecular complexity index is 1080. The average molecular weight is 493 g/mol. The first-order chi connectivity index (χ1) is 16.0. The van der Waals surface area contributed by atoms with Crippen molar-refractivity contribution >= 4 is 28.6 Å². The largest absolute Gasteiger partial charge is 0.703 e. The summed E-state index contributed by atoms with van der Waals surface area (Å²) in [7, 11) is -2.26. The van der Waals surface area contributed by atoms with E-state index in [1.54, 1.807) is 0 Å². The molecule has 1 spiro atoms. The van der Waals surface area contributed by atoms with E-state index in [2.05, 4.69) is 97.3 Å². The van der Waals surface area contributed by atoms with Crippen molar-refractivity contribution in [2.45, 2.75) is 76.7 Å². The highest BCUT2D eigenvalue weighted by Crippen LogP contribution is 2.42. The molecular weight excluding hydrogens is 452 g/mol. The number of hydrogen-bond donors (Lipinski definition) is 0. The molecule has 0 fully saturated rings. The fraction of sp³-hybridized carbons (Fsp3) is 0.500. The molecule has 3 aliphatic rings. The topological polar surface area (TPSA) is 24.5 Å². The normalized spacial score (nSPS) is 17.6. The third-order valence-electron chi connectivity index (χ3n) is 7.07. The maximum Gasteiger partial charge on any atom is 0.703 e. The fourth-order valence-electron chi connectivity index (χ4n) is 5.30. The van der Waals surface area contributed by atoms with Crippen molar-refractivity contribution in [3.05, 3.63) is 58.7 Å². The van der Waals surface area contributed by atoms with Gasteiger partial charge in [-0.1, -0.05) is 84.8 Å². The van der Waals surface area contributed by atoms with Gasteiger partial charge in [0.2, 0.25) is 0 Å². The second-order valence-corrected chi connectivity index (χ2v) is 23.8. The summed E-state index contributed by atoms with van der Waals surface area (Å²) >= 11 is 0. The van der Waals surface area contributed by atoms with Gasteiger partial charge in [-0.25, -0.2) is 0 Å². The Hall–Kier alpha value is -2.19. The smallest absolute Gasteiger partial charge is 0.340 e. The van der Waals surface area contributed by atoms with Crippen LogP contribution in [0, 0.1) is 0 Å². The quantitative estimate of drug-likeness (QED) is 0.333. The molecule has 0 unspecified atom stereocenters. The predicted molar refractivity (Wildman–Crippen MR) is 146 cm³/mol. The zero-order valence-electron chi connectivity index (χ0n) is 21.8. The minimum absolute atomic E-state index is 0.829. The molecule has 3 aliphatic heterocycles. The van der Waals surface area contributed by atoms with Gasteiger partial charge in [0.1, 0.15) is 0 Å². The SMILES string of the molecule is C[Si](C)(C)CCC[N+]1=Cc2cccc3c2OC12Oc1c(cccc1C3)C=[N+]2CCC[Si](C)(C)C. The maximum atomic E-state index is 6.97. The molecule has 4 nitrogen and oxygen atoms in total. The van der Waals surface area contributed by atoms with Crippen LogP contribution in [-0.2, 0) is 6.42 Å². The van der Waals surface area contributed by atoms with Crippen molar-refractivity contribution in [2.75, 3.05) is 13.1 Å². The van der Waals surface area contributed by atoms with Crippen LogP contribution in [0.5, 0.6) is 11.5 Å². The summed E-state index contributed by atoms with van der Waals surface area (Å²) in [4.78, 5) is 0. The lowest BCUT2D eigenvalue weighted by atomic mass is 9.97. The monoisotopic (exact) mass is 492 g/mol. The van der Waals surface area contributed by atoms with Gasteiger partial charge in [-0.05, 0) is 12.1 Å². The van der Waals surface area contributed by atoms with Crippen LogP contribution >= 0.6 is 0 Å². The van der Waals surface area contributed by atoms with E-state index in [0.717, 1.165) is 55.0 Å². The van der Waals surface area contributed by atoms with Crippen LogP contribution in [0.2, 0.25) is 51.4 Å². The predicted octanol–water partition coefficient (Wildman–Crippen LogP) is 6.01. The molecule has 0 atom stereocenters. The van der Waals surface area contributed by atoms with Crippen LogP contribution in [0.3, 0.4) is 0 Å². The van der Waals surface area contributed by atoms with Gasteiger partial charge in [0.25, 0.3) is 0 Å². The van der Waals surface area contributed by atoms with Gasteiger partial charge in [-0.2, -0.15) is 0 Å². The molecule has 2 aromatic rings. The van der Waals surface area contributed by atoms with E-state index in [-0.39, 0.29) is 0 Å². The molecule has 180 valence electrons. The fourth-order valence-corrected chi connectivity index (χ4v) is 7.74. The third kappa shape index (κ3) is 4.54. The second-order valence-electron chi connectivity index (χ2n) is 12.6. The van der Waals surface area contributed by atoms with Gasteiger partial charge in [0.05, 0.1) is 11.1 Å². The molecule has 34 heavy (non-hydrogen) atoms. The van der Waals surface area contributed by atoms with Crippen LogP contribution in [0.4, 0.5) is 0 Å². The molecule has 0 amide bonds. The number of rotatable bonds is 8. The zero-order valence-corrected chi connectivity index (χ0v) is 23.8. The summed E-state index contributed by atoms with van der Waals surface area (Å²) in [6.07, 6.45) is 7.71. The number of nitrogens with zero attached hydrogens (tertiary/aromatic N) is 2. The van der Waals surface area contributed by atoms with Crippen molar-refractivity contribution in [1.29, 1.82) is 0 Å². The number of hydrogen-bond acceptors (Lipinski definition) is 2. The Morgan fingerprint density at radius 3 is 1.56 bits per heavy atom. The molecule has 5 rings (SSSR count). The Morgan fingerprint density at radius 1 is 0.706 bits per heavy atom. The van der Waals surface area contributed by atoms with E-state index in [0.29, 0.717) is 0 Å². The van der Waals surface area contributed by atoms with Gasteiger partial charge in [-0.3, -0.25) is 0 Å². The number of benzene rings is 2. The summed E-state index contributed by atoms with van der Waals surface area (Å²) in [6, 6.07) is 14.7. The highest BCUT2D eigenvalue weighted by molar-refractivity contribution is 6.76. The summed E-state index contributed by atoms with van der Waals surface area (Å²) < 4.78 is 18.6. The summed E-state index contributed by atoms with van der Waals surface area (Å²) in [5.41, 5.74) is 4.80. The van der Waals surface area contributed by atoms with Gasteiger partial charge in [0.15, 0.2) is 37.0 Å². The van der Waals surface area contributed by atoms with Crippen molar-refractivity contribution in [3.8, 4) is 11.5 Å². The van der Waals surface area contributed by atoms with Crippen LogP contribution in [-0.4, -0.2) is 56.9 Å². The Labute approximate surface area is 207 Å². The van der Waals surface area contributed by atoms with E-state index in [1.807, 2.05) is 0 Å². The minimum atomic E-state index is -1.13. The molecule has 0 N–H and O–H groups in total. The maximum absolute atomic E-state index is 6.97. The highest BCUT2D eigenvalue weighted by Gasteiger charge is 2.64. The first-order valence-corrected chi connectivity index (χ1v) is 20.3. The third-order valence-corrected chi connectivity index (χ3v) is 10.8. The lowest BCUT2D eigenvalue weighted by Crippen LogP contribution is -2.65. The summed E-state index contributed by atoms with van der Waals surface area (Å²) in [5, 5.41) is 0. The number of ether oxygens (including phenoxy) is 2. The Balaban J connectivity index is 1.62. The van der Waals surface area contributed by atoms with Gasteiger partial charge < -0.3 is 9.47 Å². The van der Waals surface area contributed by atoms with E-state index >= 15 is 0 Å². The molecular formula is C28H40N2O2Si2+2. The van der Waals surface area contributed by atoms with Gasteiger partial charge in [0, 0.05) is 46.5 Å². The van der Waals surface area contributed by atoms with E-state index in [1.165, 1.54) is 23.2 Å². The average Bonchev–Trinajstić information content (AvgIpc) is 2.72. The molecule has 2 aromatic carbocycles. The zero-order chi connectivity index (χ0) is 24.1. The summed E-state index contributed by atoms with van der Waals surface area (Å²) in [5.74, 6) is 1.95. The van der Waals surface area contributed by atoms with Crippen molar-refractivity contribution in [1.82, 2.24) is 0 Å². The molecule has 3 heterocycles. The Kier molecular flexibility index (Phi) is 5.88. The number of para-hydroxylation sites is 2. The van der Waals surface area contributed by atoms with Crippen LogP contribution in [0.1, 0.15) is 35.1 Å². The second kappa shape index (κ2) is 8.49. The van der Waals surface area contributed by atoms with Crippen LogP contribution < -0.4 is 9.47 Å². The van der Waals surface area contributed by atoms with Crippen LogP contribution in [0.25, 0.3) is 0 Å². The van der Waals surface area contributed by atoms with E-state index in [4.69, 9.17) is 9.47 Å². The van der Waals surface area contributed by atoms with Crippen molar-refractivity contribution in [2.24, 2.45) is 0 Å². The molecule has 0 aromatic heterocycles. The standard InChI is InChI=1S/C28H40N2O2Si2/c1-33(2,3)17-9-15-29-20-24-13-7-11-22-19-23-12-8-14-25-21-30(16-10-18-34(4,5)6)28(29,31-26(22)24)32-27(23)25/h7-8,11-14,20-21H,9-10,15-19H2,1-6H3/q+2. The minimum Gasteiger partial charge on any atom is -0.340 e. The highest BCUT2D eigenvalue weighted by atomic mass is 28.3. The Morgan fingerprint density at radius 2 is 1.15 bits per heavy atom. The van der Waals surface area contributed by atoms with Crippen LogP contribution in [0.15, 0.2) is 36.4 Å². The lowest BCUT2D eigenvalue weighted by Gasteiger charge is -2.35. The van der Waals surface area contributed by atoms with Crippen molar-refractivity contribution < 1.29 is 18.6 Å². The molecule has 0 aliphatic carbocycles. The molecule has 3 bridgehead atoms. The lowest BCUT2D eigenvalue weighted by molar-refractivity contribution is -0.908. The van der Waals surface area contributed by atoms with E-state index < -0.39 is 22.2 Å². The summed E-state index contributed by atoms with van der Waals surface area (Å²) in [6.45, 7) is 16.6. The molecule has 0 radical (unpaired) electrons. The van der Waals surface area contributed by atoms with Gasteiger partial charge in [-0.15, -0.1) is 0 Å². The molecule has 0 saturated heterocycles. The molecule has 0 saturated carbocycles. The first kappa shape index (κ1) is 23.6. The molecule has 6 heteroatoms.